The average molecular weight is 319 g/mol. The van der Waals surface area contributed by atoms with E-state index in [9.17, 15) is 0 Å². The normalized spacial score (nSPS) is 20.1. The van der Waals surface area contributed by atoms with Gasteiger partial charge in [-0.2, -0.15) is 0 Å². The lowest BCUT2D eigenvalue weighted by Gasteiger charge is -2.32. The van der Waals surface area contributed by atoms with Crippen LogP contribution in [0.2, 0.25) is 0 Å². The number of hydrogen-bond acceptors (Lipinski definition) is 3. The number of benzene rings is 2. The Labute approximate surface area is 143 Å². The first kappa shape index (κ1) is 15.5. The van der Waals surface area contributed by atoms with Crippen molar-refractivity contribution < 1.29 is 9.31 Å². The first-order valence-corrected chi connectivity index (χ1v) is 8.40. The standard InChI is InChI=1S/C20H22BNO2/c1-19(2)20(3,4)24-21(23-19)16-9-7-11-18-15(16)13-12-14-8-5-6-10-17(14)22-18/h5-13,22H,1-4H3. The highest BCUT2D eigenvalue weighted by Gasteiger charge is 2.52. The summed E-state index contributed by atoms with van der Waals surface area (Å²) in [6.45, 7) is 8.33. The van der Waals surface area contributed by atoms with Gasteiger partial charge < -0.3 is 14.6 Å². The fourth-order valence-corrected chi connectivity index (χ4v) is 3.13. The lowest BCUT2D eigenvalue weighted by molar-refractivity contribution is 0.00578. The molecular weight excluding hydrogens is 297 g/mol. The highest BCUT2D eigenvalue weighted by molar-refractivity contribution is 6.63. The number of anilines is 2. The van der Waals surface area contributed by atoms with Crippen LogP contribution in [0.3, 0.4) is 0 Å². The lowest BCUT2D eigenvalue weighted by atomic mass is 9.75. The molecular formula is C20H22BNO2. The Morgan fingerprint density at radius 1 is 0.792 bits per heavy atom. The van der Waals surface area contributed by atoms with E-state index in [-0.39, 0.29) is 18.3 Å². The summed E-state index contributed by atoms with van der Waals surface area (Å²) in [5.74, 6) is 0. The lowest BCUT2D eigenvalue weighted by Crippen LogP contribution is -2.41. The van der Waals surface area contributed by atoms with Gasteiger partial charge in [0.2, 0.25) is 0 Å². The molecule has 0 atom stereocenters. The largest absolute Gasteiger partial charge is 0.495 e. The van der Waals surface area contributed by atoms with Crippen LogP contribution in [-0.2, 0) is 9.31 Å². The molecule has 4 rings (SSSR count). The zero-order valence-corrected chi connectivity index (χ0v) is 14.6. The highest BCUT2D eigenvalue weighted by Crippen LogP contribution is 2.38. The molecule has 1 saturated heterocycles. The molecule has 2 aliphatic heterocycles. The van der Waals surface area contributed by atoms with E-state index in [0.717, 1.165) is 22.4 Å². The van der Waals surface area contributed by atoms with Crippen LogP contribution in [0.4, 0.5) is 11.4 Å². The van der Waals surface area contributed by atoms with Crippen LogP contribution in [0.25, 0.3) is 12.2 Å². The van der Waals surface area contributed by atoms with Gasteiger partial charge in [0, 0.05) is 11.4 Å². The van der Waals surface area contributed by atoms with E-state index < -0.39 is 0 Å². The Morgan fingerprint density at radius 3 is 2.21 bits per heavy atom. The molecule has 0 radical (unpaired) electrons. The Morgan fingerprint density at radius 2 is 1.46 bits per heavy atom. The van der Waals surface area contributed by atoms with Crippen molar-refractivity contribution in [3.8, 4) is 0 Å². The van der Waals surface area contributed by atoms with Crippen molar-refractivity contribution >= 4 is 36.1 Å². The van der Waals surface area contributed by atoms with E-state index in [4.69, 9.17) is 9.31 Å². The monoisotopic (exact) mass is 319 g/mol. The van der Waals surface area contributed by atoms with Crippen LogP contribution in [0, 0.1) is 0 Å². The zero-order chi connectivity index (χ0) is 16.9. The van der Waals surface area contributed by atoms with Crippen molar-refractivity contribution in [2.24, 2.45) is 0 Å². The minimum atomic E-state index is -0.363. The topological polar surface area (TPSA) is 30.5 Å². The van der Waals surface area contributed by atoms with Gasteiger partial charge in [-0.3, -0.25) is 0 Å². The van der Waals surface area contributed by atoms with Crippen molar-refractivity contribution in [2.45, 2.75) is 38.9 Å². The second-order valence-electron chi connectivity index (χ2n) is 7.44. The third kappa shape index (κ3) is 2.38. The Hall–Kier alpha value is -2.04. The quantitative estimate of drug-likeness (QED) is 0.682. The molecule has 24 heavy (non-hydrogen) atoms. The molecule has 2 aromatic carbocycles. The van der Waals surface area contributed by atoms with Gasteiger partial charge in [-0.25, -0.2) is 0 Å². The Bertz CT molecular complexity index is 810. The van der Waals surface area contributed by atoms with E-state index in [1.165, 1.54) is 5.56 Å². The van der Waals surface area contributed by atoms with Gasteiger partial charge in [0.15, 0.2) is 0 Å². The van der Waals surface area contributed by atoms with Gasteiger partial charge in [-0.05, 0) is 56.4 Å². The maximum Gasteiger partial charge on any atom is 0.495 e. The van der Waals surface area contributed by atoms with Crippen molar-refractivity contribution in [3.05, 3.63) is 53.6 Å². The summed E-state index contributed by atoms with van der Waals surface area (Å²) < 4.78 is 12.5. The fraction of sp³-hybridized carbons (Fsp3) is 0.300. The van der Waals surface area contributed by atoms with Crippen molar-refractivity contribution in [1.82, 2.24) is 0 Å². The molecule has 0 amide bonds. The van der Waals surface area contributed by atoms with Crippen LogP contribution >= 0.6 is 0 Å². The van der Waals surface area contributed by atoms with Crippen LogP contribution in [0.5, 0.6) is 0 Å². The predicted octanol–water partition coefficient (Wildman–Crippen LogP) is 4.21. The van der Waals surface area contributed by atoms with Crippen LogP contribution in [-0.4, -0.2) is 18.3 Å². The number of para-hydroxylation sites is 1. The van der Waals surface area contributed by atoms with E-state index in [0.29, 0.717) is 0 Å². The number of nitrogens with one attached hydrogen (secondary N) is 1. The summed E-state index contributed by atoms with van der Waals surface area (Å²) in [5, 5.41) is 3.53. The molecule has 1 fully saturated rings. The second-order valence-corrected chi connectivity index (χ2v) is 7.44. The predicted molar refractivity (Wildman–Crippen MR) is 101 cm³/mol. The smallest absolute Gasteiger partial charge is 0.399 e. The number of rotatable bonds is 1. The van der Waals surface area contributed by atoms with Crippen molar-refractivity contribution in [3.63, 3.8) is 0 Å². The summed E-state index contributed by atoms with van der Waals surface area (Å²) in [4.78, 5) is 0. The van der Waals surface area contributed by atoms with Gasteiger partial charge in [0.1, 0.15) is 0 Å². The Kier molecular flexibility index (Phi) is 3.38. The summed E-state index contributed by atoms with van der Waals surface area (Å²) in [5.41, 5.74) is 4.85. The molecule has 0 unspecified atom stereocenters. The van der Waals surface area contributed by atoms with Gasteiger partial charge in [0.25, 0.3) is 0 Å². The molecule has 1 N–H and O–H groups in total. The SMILES string of the molecule is CC1(C)OB(c2cccc3c2C=Cc2ccccc2N3)OC1(C)C. The summed E-state index contributed by atoms with van der Waals surface area (Å²) in [7, 11) is -0.363. The summed E-state index contributed by atoms with van der Waals surface area (Å²) in [6.07, 6.45) is 4.29. The maximum atomic E-state index is 6.25. The molecule has 2 aromatic rings. The molecule has 4 heteroatoms. The molecule has 2 heterocycles. The minimum Gasteiger partial charge on any atom is -0.399 e. The Balaban J connectivity index is 1.77. The highest BCUT2D eigenvalue weighted by atomic mass is 16.7. The van der Waals surface area contributed by atoms with Gasteiger partial charge in [-0.1, -0.05) is 42.5 Å². The summed E-state index contributed by atoms with van der Waals surface area (Å²) >= 11 is 0. The number of fused-ring (bicyclic) bond motifs is 2. The zero-order valence-electron chi connectivity index (χ0n) is 14.6. The van der Waals surface area contributed by atoms with Crippen LogP contribution in [0.15, 0.2) is 42.5 Å². The van der Waals surface area contributed by atoms with Crippen LogP contribution in [0.1, 0.15) is 38.8 Å². The van der Waals surface area contributed by atoms with Gasteiger partial charge in [-0.15, -0.1) is 0 Å². The molecule has 122 valence electrons. The molecule has 0 saturated carbocycles. The van der Waals surface area contributed by atoms with Gasteiger partial charge >= 0.3 is 7.12 Å². The van der Waals surface area contributed by atoms with E-state index in [2.05, 4.69) is 75.5 Å². The van der Waals surface area contributed by atoms with Gasteiger partial charge in [0.05, 0.1) is 11.2 Å². The first-order valence-electron chi connectivity index (χ1n) is 8.40. The number of hydrogen-bond donors (Lipinski definition) is 1. The molecule has 0 aromatic heterocycles. The third-order valence-electron chi connectivity index (χ3n) is 5.31. The molecule has 3 nitrogen and oxygen atoms in total. The third-order valence-corrected chi connectivity index (χ3v) is 5.31. The fourth-order valence-electron chi connectivity index (χ4n) is 3.13. The first-order chi connectivity index (χ1) is 11.4. The minimum absolute atomic E-state index is 0.342. The molecule has 2 aliphatic rings. The summed E-state index contributed by atoms with van der Waals surface area (Å²) in [6, 6.07) is 14.5. The second kappa shape index (κ2) is 5.23. The van der Waals surface area contributed by atoms with E-state index in [1.54, 1.807) is 0 Å². The molecule has 0 aliphatic carbocycles. The van der Waals surface area contributed by atoms with E-state index >= 15 is 0 Å². The van der Waals surface area contributed by atoms with Crippen molar-refractivity contribution in [1.29, 1.82) is 0 Å². The van der Waals surface area contributed by atoms with Crippen LogP contribution < -0.4 is 10.8 Å². The molecule has 0 bridgehead atoms. The van der Waals surface area contributed by atoms with Crippen molar-refractivity contribution in [2.75, 3.05) is 5.32 Å². The molecule has 0 spiro atoms. The maximum absolute atomic E-state index is 6.25. The average Bonchev–Trinajstić information content (AvgIpc) is 2.68. The van der Waals surface area contributed by atoms with E-state index in [1.807, 2.05) is 12.1 Å².